The van der Waals surface area contributed by atoms with Crippen molar-refractivity contribution in [3.63, 3.8) is 0 Å². The lowest BCUT2D eigenvalue weighted by molar-refractivity contribution is 0.0971. The first kappa shape index (κ1) is 20.2. The second-order valence-electron chi connectivity index (χ2n) is 7.34. The minimum Gasteiger partial charge on any atom is -0.497 e. The number of carbonyl (C=O) groups excluding carboxylic acids is 1. The monoisotopic (exact) mass is 447 g/mol. The van der Waals surface area contributed by atoms with Gasteiger partial charge in [-0.3, -0.25) is 14.5 Å². The number of hydrogen-bond acceptors (Lipinski definition) is 5. The van der Waals surface area contributed by atoms with Gasteiger partial charge in [-0.15, -0.1) is 0 Å². The van der Waals surface area contributed by atoms with E-state index in [1.807, 2.05) is 12.1 Å². The maximum absolute atomic E-state index is 13.6. The lowest BCUT2D eigenvalue weighted by Gasteiger charge is -2.26. The summed E-state index contributed by atoms with van der Waals surface area (Å²) in [4.78, 5) is 28.6. The normalized spacial score (nSPS) is 15.2. The van der Waals surface area contributed by atoms with Gasteiger partial charge in [-0.05, 0) is 48.0 Å². The lowest BCUT2D eigenvalue weighted by atomic mass is 9.98. The van der Waals surface area contributed by atoms with Crippen LogP contribution in [0.25, 0.3) is 11.0 Å². The van der Waals surface area contributed by atoms with Gasteiger partial charge in [0.25, 0.3) is 5.91 Å². The zero-order valence-corrected chi connectivity index (χ0v) is 18.1. The summed E-state index contributed by atoms with van der Waals surface area (Å²) in [6.45, 7) is 0. The average molecular weight is 448 g/mol. The number of hydrogen-bond donors (Lipinski definition) is 0. The molecule has 0 aliphatic carbocycles. The number of ether oxygens (including phenoxy) is 2. The minimum atomic E-state index is -0.710. The second kappa shape index (κ2) is 7.73. The zero-order valence-electron chi connectivity index (χ0n) is 17.3. The van der Waals surface area contributed by atoms with Gasteiger partial charge in [-0.25, -0.2) is 0 Å². The van der Waals surface area contributed by atoms with Gasteiger partial charge in [-0.2, -0.15) is 0 Å². The van der Waals surface area contributed by atoms with E-state index in [9.17, 15) is 9.59 Å². The van der Waals surface area contributed by atoms with Crippen LogP contribution >= 0.6 is 11.6 Å². The van der Waals surface area contributed by atoms with Crippen LogP contribution in [0.15, 0.2) is 75.9 Å². The minimum absolute atomic E-state index is 0.0217. The number of benzene rings is 3. The molecule has 1 aromatic heterocycles. The molecule has 0 fully saturated rings. The number of methoxy groups -OCH3 is 2. The Hall–Kier alpha value is -3.77. The number of carbonyl (C=O) groups is 1. The standard InChI is InChI=1S/C25H18ClNO5/c1-30-16-7-5-6-14(12-16)22-21-23(28)17-8-3-4-9-19(17)32-24(21)25(29)27(22)15-10-11-20(31-2)18(26)13-15/h3-13,22H,1-2H3. The van der Waals surface area contributed by atoms with Gasteiger partial charge in [0.2, 0.25) is 5.76 Å². The molecule has 7 heteroatoms. The molecule has 5 rings (SSSR count). The molecular formula is C25H18ClNO5. The number of halogens is 1. The van der Waals surface area contributed by atoms with Crippen molar-refractivity contribution < 1.29 is 18.7 Å². The maximum Gasteiger partial charge on any atom is 0.295 e. The SMILES string of the molecule is COc1cccc(C2c3c(oc4ccccc4c3=O)C(=O)N2c2ccc(OC)c(Cl)c2)c1. The molecule has 160 valence electrons. The summed E-state index contributed by atoms with van der Waals surface area (Å²) in [6, 6.07) is 18.5. The van der Waals surface area contributed by atoms with Crippen LogP contribution in [0.3, 0.4) is 0 Å². The smallest absolute Gasteiger partial charge is 0.295 e. The van der Waals surface area contributed by atoms with E-state index in [1.165, 1.54) is 12.0 Å². The highest BCUT2D eigenvalue weighted by Gasteiger charge is 2.43. The molecule has 0 N–H and O–H groups in total. The zero-order chi connectivity index (χ0) is 22.4. The summed E-state index contributed by atoms with van der Waals surface area (Å²) < 4.78 is 16.6. The summed E-state index contributed by atoms with van der Waals surface area (Å²) in [6.07, 6.45) is 0. The number of amides is 1. The summed E-state index contributed by atoms with van der Waals surface area (Å²) in [5.41, 5.74) is 1.64. The number of rotatable bonds is 4. The van der Waals surface area contributed by atoms with Crippen LogP contribution in [0.4, 0.5) is 5.69 Å². The van der Waals surface area contributed by atoms with E-state index < -0.39 is 11.9 Å². The van der Waals surface area contributed by atoms with E-state index in [1.54, 1.807) is 61.7 Å². The van der Waals surface area contributed by atoms with E-state index in [-0.39, 0.29) is 16.8 Å². The number of anilines is 1. The number of nitrogens with zero attached hydrogens (tertiary/aromatic N) is 1. The Bertz CT molecular complexity index is 1430. The number of para-hydroxylation sites is 1. The predicted molar refractivity (Wildman–Crippen MR) is 122 cm³/mol. The van der Waals surface area contributed by atoms with E-state index in [2.05, 4.69) is 0 Å². The van der Waals surface area contributed by atoms with Crippen molar-refractivity contribution >= 4 is 34.2 Å². The van der Waals surface area contributed by atoms with Gasteiger partial charge in [0.05, 0.1) is 36.2 Å². The summed E-state index contributed by atoms with van der Waals surface area (Å²) in [5, 5.41) is 0.768. The van der Waals surface area contributed by atoms with Crippen molar-refractivity contribution in [2.24, 2.45) is 0 Å². The molecule has 1 aliphatic rings. The van der Waals surface area contributed by atoms with Crippen molar-refractivity contribution in [1.29, 1.82) is 0 Å². The average Bonchev–Trinajstić information content (AvgIpc) is 3.11. The van der Waals surface area contributed by atoms with Crippen LogP contribution in [0.2, 0.25) is 5.02 Å². The van der Waals surface area contributed by atoms with Crippen molar-refractivity contribution in [2.75, 3.05) is 19.1 Å². The van der Waals surface area contributed by atoms with E-state index in [0.717, 1.165) is 0 Å². The third-order valence-electron chi connectivity index (χ3n) is 5.60. The van der Waals surface area contributed by atoms with Crippen LogP contribution in [0.5, 0.6) is 11.5 Å². The highest BCUT2D eigenvalue weighted by atomic mass is 35.5. The summed E-state index contributed by atoms with van der Waals surface area (Å²) >= 11 is 6.36. The fourth-order valence-electron chi connectivity index (χ4n) is 4.12. The quantitative estimate of drug-likeness (QED) is 0.429. The fraction of sp³-hybridized carbons (Fsp3) is 0.120. The molecule has 0 radical (unpaired) electrons. The maximum atomic E-state index is 13.6. The third kappa shape index (κ3) is 3.03. The Morgan fingerprint density at radius 2 is 1.75 bits per heavy atom. The predicted octanol–water partition coefficient (Wildman–Crippen LogP) is 5.21. The van der Waals surface area contributed by atoms with E-state index >= 15 is 0 Å². The topological polar surface area (TPSA) is 69.0 Å². The first-order chi connectivity index (χ1) is 15.5. The molecule has 1 aliphatic heterocycles. The highest BCUT2D eigenvalue weighted by Crippen LogP contribution is 2.43. The van der Waals surface area contributed by atoms with Crippen molar-refractivity contribution in [3.05, 3.63) is 98.9 Å². The highest BCUT2D eigenvalue weighted by molar-refractivity contribution is 6.32. The Morgan fingerprint density at radius 1 is 0.938 bits per heavy atom. The van der Waals surface area contributed by atoms with Crippen LogP contribution in [0, 0.1) is 0 Å². The number of fused-ring (bicyclic) bond motifs is 2. The molecule has 0 spiro atoms. The molecule has 0 saturated heterocycles. The summed E-state index contributed by atoms with van der Waals surface area (Å²) in [7, 11) is 3.08. The van der Waals surface area contributed by atoms with Gasteiger partial charge in [0, 0.05) is 5.69 Å². The molecule has 1 amide bonds. The van der Waals surface area contributed by atoms with E-state index in [0.29, 0.717) is 38.7 Å². The van der Waals surface area contributed by atoms with E-state index in [4.69, 9.17) is 25.5 Å². The van der Waals surface area contributed by atoms with Crippen LogP contribution in [-0.2, 0) is 0 Å². The third-order valence-corrected chi connectivity index (χ3v) is 5.90. The Balaban J connectivity index is 1.79. The van der Waals surface area contributed by atoms with Crippen LogP contribution in [-0.4, -0.2) is 20.1 Å². The van der Waals surface area contributed by atoms with Gasteiger partial charge in [0.15, 0.2) is 5.43 Å². The Morgan fingerprint density at radius 3 is 2.50 bits per heavy atom. The molecule has 32 heavy (non-hydrogen) atoms. The van der Waals surface area contributed by atoms with Gasteiger partial charge in [-0.1, -0.05) is 35.9 Å². The first-order valence-electron chi connectivity index (χ1n) is 9.90. The Labute approximate surface area is 188 Å². The lowest BCUT2D eigenvalue weighted by Crippen LogP contribution is -2.29. The molecule has 3 aromatic carbocycles. The molecule has 1 atom stereocenters. The van der Waals surface area contributed by atoms with Crippen LogP contribution in [0.1, 0.15) is 27.7 Å². The van der Waals surface area contributed by atoms with Gasteiger partial charge in [0.1, 0.15) is 17.1 Å². The van der Waals surface area contributed by atoms with Gasteiger partial charge >= 0.3 is 0 Å². The summed E-state index contributed by atoms with van der Waals surface area (Å²) in [5.74, 6) is 0.698. The molecule has 0 bridgehead atoms. The second-order valence-corrected chi connectivity index (χ2v) is 7.75. The molecule has 4 aromatic rings. The largest absolute Gasteiger partial charge is 0.497 e. The van der Waals surface area contributed by atoms with Crippen LogP contribution < -0.4 is 19.8 Å². The van der Waals surface area contributed by atoms with Crippen molar-refractivity contribution in [1.82, 2.24) is 0 Å². The molecular weight excluding hydrogens is 430 g/mol. The fourth-order valence-corrected chi connectivity index (χ4v) is 4.37. The Kier molecular flexibility index (Phi) is 4.87. The molecule has 1 unspecified atom stereocenters. The van der Waals surface area contributed by atoms with Crippen molar-refractivity contribution in [2.45, 2.75) is 6.04 Å². The van der Waals surface area contributed by atoms with Crippen molar-refractivity contribution in [3.8, 4) is 11.5 Å². The molecule has 2 heterocycles. The molecule has 0 saturated carbocycles. The first-order valence-corrected chi connectivity index (χ1v) is 10.3. The molecule has 6 nitrogen and oxygen atoms in total. The van der Waals surface area contributed by atoms with Gasteiger partial charge < -0.3 is 13.9 Å².